The number of aliphatic imine (C=N–C) groups is 1. The van der Waals surface area contributed by atoms with Crippen LogP contribution in [0.2, 0.25) is 0 Å². The first-order valence-corrected chi connectivity index (χ1v) is 7.64. The van der Waals surface area contributed by atoms with E-state index in [-0.39, 0.29) is 4.90 Å². The van der Waals surface area contributed by atoms with Gasteiger partial charge in [0.05, 0.1) is 4.90 Å². The van der Waals surface area contributed by atoms with Crippen LogP contribution in [0.15, 0.2) is 46.3 Å². The second kappa shape index (κ2) is 6.56. The summed E-state index contributed by atoms with van der Waals surface area (Å²) in [4.78, 5) is 3.99. The number of ether oxygens (including phenoxy) is 1. The summed E-state index contributed by atoms with van der Waals surface area (Å²) in [6.07, 6.45) is 4.55. The molecule has 0 unspecified atom stereocenters. The molecule has 0 heterocycles. The van der Waals surface area contributed by atoms with Gasteiger partial charge in [0, 0.05) is 17.7 Å². The maximum absolute atomic E-state index is 11.1. The molecule has 1 rings (SSSR count). The fourth-order valence-electron chi connectivity index (χ4n) is 1.16. The van der Waals surface area contributed by atoms with Crippen LogP contribution in [0.4, 0.5) is 0 Å². The lowest BCUT2D eigenvalue weighted by Gasteiger charge is -2.05. The molecule has 4 nitrogen and oxygen atoms in total. The van der Waals surface area contributed by atoms with Crippen molar-refractivity contribution < 1.29 is 13.2 Å². The van der Waals surface area contributed by atoms with Gasteiger partial charge in [-0.25, -0.2) is 8.42 Å². The molecule has 1 aromatic rings. The highest BCUT2D eigenvalue weighted by Crippen LogP contribution is 2.19. The Labute approximate surface area is 111 Å². The van der Waals surface area contributed by atoms with Gasteiger partial charge in [0.1, 0.15) is 5.75 Å². The predicted octanol–water partition coefficient (Wildman–Crippen LogP) is 2.99. The fraction of sp³-hybridized carbons (Fsp3) is 0.250. The fourth-order valence-corrected chi connectivity index (χ4v) is 1.93. The van der Waals surface area contributed by atoms with Gasteiger partial charge in [-0.2, -0.15) is 0 Å². The first kappa shape index (κ1) is 14.7. The van der Waals surface area contributed by atoms with Crippen molar-refractivity contribution in [2.75, 3.05) is 7.05 Å². The smallest absolute Gasteiger partial charge is 0.261 e. The van der Waals surface area contributed by atoms with Gasteiger partial charge in [-0.15, -0.1) is 0 Å². The van der Waals surface area contributed by atoms with E-state index in [4.69, 9.17) is 15.4 Å². The largest absolute Gasteiger partial charge is 0.439 e. The number of allylic oxidation sites excluding steroid dienone is 1. The lowest BCUT2D eigenvalue weighted by Crippen LogP contribution is -2.04. The van der Waals surface area contributed by atoms with E-state index >= 15 is 0 Å². The third-order valence-corrected chi connectivity index (χ3v) is 3.41. The molecular formula is C12H14ClNO3S. The summed E-state index contributed by atoms with van der Waals surface area (Å²) in [7, 11) is 3.13. The summed E-state index contributed by atoms with van der Waals surface area (Å²) in [5.41, 5.74) is 0. The van der Waals surface area contributed by atoms with Crippen molar-refractivity contribution >= 4 is 25.6 Å². The molecule has 0 saturated carbocycles. The van der Waals surface area contributed by atoms with Crippen LogP contribution in [0.5, 0.6) is 5.75 Å². The van der Waals surface area contributed by atoms with Gasteiger partial charge in [-0.3, -0.25) is 4.99 Å². The van der Waals surface area contributed by atoms with Crippen LogP contribution in [-0.2, 0) is 9.05 Å². The zero-order valence-corrected chi connectivity index (χ0v) is 11.7. The molecule has 0 bridgehead atoms. The lowest BCUT2D eigenvalue weighted by molar-refractivity contribution is 0.553. The number of hydrogen-bond acceptors (Lipinski definition) is 4. The van der Waals surface area contributed by atoms with E-state index in [1.807, 2.05) is 13.0 Å². The minimum atomic E-state index is -3.70. The third kappa shape index (κ3) is 4.50. The molecule has 0 aliphatic rings. The molecule has 0 aliphatic heterocycles. The van der Waals surface area contributed by atoms with Gasteiger partial charge in [0.25, 0.3) is 9.05 Å². The van der Waals surface area contributed by atoms with E-state index in [9.17, 15) is 8.42 Å². The molecule has 1 aromatic carbocycles. The Morgan fingerprint density at radius 3 is 2.44 bits per heavy atom. The van der Waals surface area contributed by atoms with Crippen molar-refractivity contribution in [3.63, 3.8) is 0 Å². The Bertz CT molecular complexity index is 547. The lowest BCUT2D eigenvalue weighted by atomic mass is 10.3. The predicted molar refractivity (Wildman–Crippen MR) is 72.9 cm³/mol. The van der Waals surface area contributed by atoms with Crippen LogP contribution in [0.1, 0.15) is 13.3 Å². The molecule has 0 fully saturated rings. The van der Waals surface area contributed by atoms with Gasteiger partial charge in [0.15, 0.2) is 0 Å². The topological polar surface area (TPSA) is 55.7 Å². The number of nitrogens with zero attached hydrogens (tertiary/aromatic N) is 1. The summed E-state index contributed by atoms with van der Waals surface area (Å²) in [6, 6.07) is 5.82. The molecule has 0 spiro atoms. The number of halogens is 1. The van der Waals surface area contributed by atoms with Crippen LogP contribution < -0.4 is 4.74 Å². The van der Waals surface area contributed by atoms with Gasteiger partial charge >= 0.3 is 0 Å². The first-order chi connectivity index (χ1) is 8.47. The van der Waals surface area contributed by atoms with E-state index in [2.05, 4.69) is 4.99 Å². The Morgan fingerprint density at radius 2 is 2.00 bits per heavy atom. The van der Waals surface area contributed by atoms with E-state index in [1.165, 1.54) is 24.3 Å². The van der Waals surface area contributed by atoms with E-state index in [0.29, 0.717) is 11.6 Å². The van der Waals surface area contributed by atoms with Crippen molar-refractivity contribution in [3.05, 3.63) is 36.4 Å². The Kier molecular flexibility index (Phi) is 5.37. The average Bonchev–Trinajstić information content (AvgIpc) is 2.34. The van der Waals surface area contributed by atoms with Gasteiger partial charge in [-0.1, -0.05) is 13.0 Å². The van der Waals surface area contributed by atoms with Crippen LogP contribution in [0.25, 0.3) is 0 Å². The van der Waals surface area contributed by atoms with Crippen LogP contribution in [0, 0.1) is 0 Å². The monoisotopic (exact) mass is 287 g/mol. The maximum Gasteiger partial charge on any atom is 0.261 e. The van der Waals surface area contributed by atoms with Crippen molar-refractivity contribution in [2.24, 2.45) is 4.99 Å². The Morgan fingerprint density at radius 1 is 1.39 bits per heavy atom. The number of rotatable bonds is 4. The SMILES string of the molecule is CC/C=C\C(=NC)Oc1ccc(S(=O)(=O)Cl)cc1. The van der Waals surface area contributed by atoms with Crippen molar-refractivity contribution in [1.82, 2.24) is 0 Å². The maximum atomic E-state index is 11.1. The highest BCUT2D eigenvalue weighted by Gasteiger charge is 2.09. The molecule has 0 radical (unpaired) electrons. The van der Waals surface area contributed by atoms with Crippen molar-refractivity contribution in [1.29, 1.82) is 0 Å². The molecule has 18 heavy (non-hydrogen) atoms. The second-order valence-electron chi connectivity index (χ2n) is 3.38. The molecule has 0 aromatic heterocycles. The molecule has 6 heteroatoms. The minimum absolute atomic E-state index is 0.0376. The number of benzene rings is 1. The molecular weight excluding hydrogens is 274 g/mol. The van der Waals surface area contributed by atoms with E-state index in [1.54, 1.807) is 13.1 Å². The molecule has 0 amide bonds. The van der Waals surface area contributed by atoms with Crippen molar-refractivity contribution in [2.45, 2.75) is 18.2 Å². The van der Waals surface area contributed by atoms with E-state index < -0.39 is 9.05 Å². The molecule has 0 aliphatic carbocycles. The van der Waals surface area contributed by atoms with E-state index in [0.717, 1.165) is 6.42 Å². The van der Waals surface area contributed by atoms with Gasteiger partial charge < -0.3 is 4.74 Å². The summed E-state index contributed by atoms with van der Waals surface area (Å²) >= 11 is 0. The highest BCUT2D eigenvalue weighted by atomic mass is 35.7. The summed E-state index contributed by atoms with van der Waals surface area (Å²) < 4.78 is 27.6. The molecule has 98 valence electrons. The number of hydrogen-bond donors (Lipinski definition) is 0. The van der Waals surface area contributed by atoms with Crippen LogP contribution in [-0.4, -0.2) is 21.4 Å². The van der Waals surface area contributed by atoms with Crippen molar-refractivity contribution in [3.8, 4) is 5.75 Å². The summed E-state index contributed by atoms with van der Waals surface area (Å²) in [6.45, 7) is 2.00. The molecule has 0 atom stereocenters. The molecule has 0 saturated heterocycles. The zero-order valence-electron chi connectivity index (χ0n) is 10.1. The minimum Gasteiger partial charge on any atom is -0.439 e. The van der Waals surface area contributed by atoms with Crippen LogP contribution in [0.3, 0.4) is 0 Å². The molecule has 0 N–H and O–H groups in total. The summed E-state index contributed by atoms with van der Waals surface area (Å²) in [5.74, 6) is 0.957. The summed E-state index contributed by atoms with van der Waals surface area (Å²) in [5, 5.41) is 0. The Hall–Kier alpha value is -1.33. The Balaban J connectivity index is 2.84. The van der Waals surface area contributed by atoms with Crippen LogP contribution >= 0.6 is 10.7 Å². The third-order valence-electron chi connectivity index (χ3n) is 2.04. The first-order valence-electron chi connectivity index (χ1n) is 5.33. The highest BCUT2D eigenvalue weighted by molar-refractivity contribution is 8.13. The standard InChI is InChI=1S/C12H14ClNO3S/c1-3-4-5-12(14-2)17-10-6-8-11(9-7-10)18(13,15)16/h4-9H,3H2,1-2H3/b5-4-,14-12?. The quantitative estimate of drug-likeness (QED) is 0.486. The average molecular weight is 288 g/mol. The second-order valence-corrected chi connectivity index (χ2v) is 5.95. The normalized spacial score (nSPS) is 12.9. The van der Waals surface area contributed by atoms with Gasteiger partial charge in [0.2, 0.25) is 5.90 Å². The zero-order chi connectivity index (χ0) is 13.6. The van der Waals surface area contributed by atoms with Gasteiger partial charge in [-0.05, 0) is 36.8 Å².